The molecule has 0 radical (unpaired) electrons. The Morgan fingerprint density at radius 1 is 1.21 bits per heavy atom. The third kappa shape index (κ3) is 4.04. The Hall–Kier alpha value is -2.46. The molecule has 0 saturated carbocycles. The monoisotopic (exact) mass is 255 g/mol. The van der Waals surface area contributed by atoms with Gasteiger partial charge in [0.15, 0.2) is 0 Å². The Balaban J connectivity index is 1.93. The molecule has 96 valence electrons. The first-order valence-corrected chi connectivity index (χ1v) is 5.77. The van der Waals surface area contributed by atoms with Crippen molar-refractivity contribution < 1.29 is 14.6 Å². The van der Waals surface area contributed by atoms with Crippen molar-refractivity contribution in [2.45, 2.75) is 6.29 Å². The minimum atomic E-state index is -1.30. The molecule has 2 aromatic rings. The SMILES string of the molecule is O=C(/C=C/c1ccccc1)OC(O)c1cccnc1. The lowest BCUT2D eigenvalue weighted by atomic mass is 10.2. The molecule has 0 bridgehead atoms. The van der Waals surface area contributed by atoms with Crippen molar-refractivity contribution in [3.63, 3.8) is 0 Å². The fraction of sp³-hybridized carbons (Fsp3) is 0.0667. The molecule has 4 nitrogen and oxygen atoms in total. The van der Waals surface area contributed by atoms with Crippen LogP contribution in [0.3, 0.4) is 0 Å². The van der Waals surface area contributed by atoms with Crippen LogP contribution in [0, 0.1) is 0 Å². The van der Waals surface area contributed by atoms with Crippen molar-refractivity contribution >= 4 is 12.0 Å². The van der Waals surface area contributed by atoms with E-state index >= 15 is 0 Å². The number of hydrogen-bond donors (Lipinski definition) is 1. The summed E-state index contributed by atoms with van der Waals surface area (Å²) >= 11 is 0. The second kappa shape index (κ2) is 6.47. The average molecular weight is 255 g/mol. The molecule has 19 heavy (non-hydrogen) atoms. The second-order valence-corrected chi connectivity index (χ2v) is 3.82. The van der Waals surface area contributed by atoms with Gasteiger partial charge < -0.3 is 9.84 Å². The first-order valence-electron chi connectivity index (χ1n) is 5.77. The number of hydrogen-bond acceptors (Lipinski definition) is 4. The molecule has 0 amide bonds. The van der Waals surface area contributed by atoms with Crippen LogP contribution >= 0.6 is 0 Å². The zero-order valence-corrected chi connectivity index (χ0v) is 10.1. The Morgan fingerprint density at radius 2 is 2.00 bits per heavy atom. The predicted octanol–water partition coefficient (Wildman–Crippen LogP) is 2.33. The third-order valence-corrected chi connectivity index (χ3v) is 2.41. The van der Waals surface area contributed by atoms with Crippen LogP contribution in [-0.2, 0) is 9.53 Å². The van der Waals surface area contributed by atoms with Crippen LogP contribution in [0.25, 0.3) is 6.08 Å². The van der Waals surface area contributed by atoms with Gasteiger partial charge in [-0.15, -0.1) is 0 Å². The van der Waals surface area contributed by atoms with Gasteiger partial charge in [0.2, 0.25) is 6.29 Å². The summed E-state index contributed by atoms with van der Waals surface area (Å²) in [6.07, 6.45) is 4.61. The molecule has 1 N–H and O–H groups in total. The van der Waals surface area contributed by atoms with Gasteiger partial charge in [0.1, 0.15) is 0 Å². The first kappa shape index (κ1) is 13.0. The van der Waals surface area contributed by atoms with Crippen LogP contribution in [0.2, 0.25) is 0 Å². The first-order chi connectivity index (χ1) is 9.25. The summed E-state index contributed by atoms with van der Waals surface area (Å²) in [6, 6.07) is 12.6. The molecular formula is C15H13NO3. The second-order valence-electron chi connectivity index (χ2n) is 3.82. The van der Waals surface area contributed by atoms with E-state index in [1.54, 1.807) is 24.4 Å². The van der Waals surface area contributed by atoms with E-state index in [0.717, 1.165) is 5.56 Å². The zero-order chi connectivity index (χ0) is 13.5. The molecule has 1 atom stereocenters. The van der Waals surface area contributed by atoms with Gasteiger partial charge in [-0.2, -0.15) is 0 Å². The van der Waals surface area contributed by atoms with E-state index in [9.17, 15) is 9.90 Å². The summed E-state index contributed by atoms with van der Waals surface area (Å²) in [6.45, 7) is 0. The summed E-state index contributed by atoms with van der Waals surface area (Å²) in [5.41, 5.74) is 1.32. The summed E-state index contributed by atoms with van der Waals surface area (Å²) in [4.78, 5) is 15.3. The van der Waals surface area contributed by atoms with Crippen LogP contribution in [0.15, 0.2) is 60.9 Å². The molecule has 0 spiro atoms. The maximum absolute atomic E-state index is 11.5. The minimum absolute atomic E-state index is 0.434. The number of pyridine rings is 1. The van der Waals surface area contributed by atoms with Crippen LogP contribution in [0.5, 0.6) is 0 Å². The van der Waals surface area contributed by atoms with Crippen molar-refractivity contribution in [1.82, 2.24) is 4.98 Å². The molecule has 1 aromatic heterocycles. The Bertz CT molecular complexity index is 552. The molecule has 0 aliphatic carbocycles. The van der Waals surface area contributed by atoms with E-state index < -0.39 is 12.3 Å². The van der Waals surface area contributed by atoms with Gasteiger partial charge in [0.05, 0.1) is 0 Å². The fourth-order valence-electron chi connectivity index (χ4n) is 1.47. The number of aliphatic hydroxyl groups is 1. The lowest BCUT2D eigenvalue weighted by Gasteiger charge is -2.09. The minimum Gasteiger partial charge on any atom is -0.428 e. The van der Waals surface area contributed by atoms with Gasteiger partial charge in [-0.1, -0.05) is 30.3 Å². The molecule has 1 heterocycles. The van der Waals surface area contributed by atoms with E-state index in [1.165, 1.54) is 12.3 Å². The summed E-state index contributed by atoms with van der Waals surface area (Å²) in [5, 5.41) is 9.67. The number of ether oxygens (including phenoxy) is 1. The zero-order valence-electron chi connectivity index (χ0n) is 10.1. The number of carbonyl (C=O) groups excluding carboxylic acids is 1. The van der Waals surface area contributed by atoms with E-state index in [0.29, 0.717) is 5.56 Å². The van der Waals surface area contributed by atoms with Crippen LogP contribution < -0.4 is 0 Å². The van der Waals surface area contributed by atoms with E-state index in [1.807, 2.05) is 30.3 Å². The number of esters is 1. The number of benzene rings is 1. The van der Waals surface area contributed by atoms with Gasteiger partial charge in [-0.25, -0.2) is 4.79 Å². The summed E-state index contributed by atoms with van der Waals surface area (Å²) in [7, 11) is 0. The normalized spacial score (nSPS) is 12.3. The number of nitrogens with zero attached hydrogens (tertiary/aromatic N) is 1. The molecule has 2 rings (SSSR count). The van der Waals surface area contributed by atoms with Gasteiger partial charge in [-0.3, -0.25) is 4.98 Å². The maximum atomic E-state index is 11.5. The Kier molecular flexibility index (Phi) is 4.42. The largest absolute Gasteiger partial charge is 0.428 e. The highest BCUT2D eigenvalue weighted by molar-refractivity contribution is 5.87. The van der Waals surface area contributed by atoms with Gasteiger partial charge in [0.25, 0.3) is 0 Å². The van der Waals surface area contributed by atoms with Gasteiger partial charge >= 0.3 is 5.97 Å². The summed E-state index contributed by atoms with van der Waals surface area (Å²) < 4.78 is 4.85. The molecule has 1 unspecified atom stereocenters. The smallest absolute Gasteiger partial charge is 0.333 e. The summed E-state index contributed by atoms with van der Waals surface area (Å²) in [5.74, 6) is -0.611. The highest BCUT2D eigenvalue weighted by Crippen LogP contribution is 2.12. The van der Waals surface area contributed by atoms with E-state index in [-0.39, 0.29) is 0 Å². The lowest BCUT2D eigenvalue weighted by molar-refractivity contribution is -0.162. The predicted molar refractivity (Wildman–Crippen MR) is 70.8 cm³/mol. The van der Waals surface area contributed by atoms with Crippen molar-refractivity contribution in [1.29, 1.82) is 0 Å². The highest BCUT2D eigenvalue weighted by atomic mass is 16.6. The third-order valence-electron chi connectivity index (χ3n) is 2.41. The number of rotatable bonds is 4. The fourth-order valence-corrected chi connectivity index (χ4v) is 1.47. The Morgan fingerprint density at radius 3 is 2.68 bits per heavy atom. The maximum Gasteiger partial charge on any atom is 0.333 e. The van der Waals surface area contributed by atoms with E-state index in [4.69, 9.17) is 4.74 Å². The van der Waals surface area contributed by atoms with Crippen molar-refractivity contribution in [3.8, 4) is 0 Å². The Labute approximate surface area is 111 Å². The average Bonchev–Trinajstić information content (AvgIpc) is 2.47. The van der Waals surface area contributed by atoms with Crippen LogP contribution in [-0.4, -0.2) is 16.1 Å². The molecule has 0 aliphatic heterocycles. The molecular weight excluding hydrogens is 242 g/mol. The standard InChI is InChI=1S/C15H13NO3/c17-14(9-8-12-5-2-1-3-6-12)19-15(18)13-7-4-10-16-11-13/h1-11,15,18H/b9-8+. The molecule has 0 saturated heterocycles. The highest BCUT2D eigenvalue weighted by Gasteiger charge is 2.10. The molecule has 4 heteroatoms. The van der Waals surface area contributed by atoms with Crippen LogP contribution in [0.4, 0.5) is 0 Å². The van der Waals surface area contributed by atoms with E-state index in [2.05, 4.69) is 4.98 Å². The van der Waals surface area contributed by atoms with Gasteiger partial charge in [-0.05, 0) is 23.8 Å². The quantitative estimate of drug-likeness (QED) is 0.517. The van der Waals surface area contributed by atoms with Crippen molar-refractivity contribution in [2.75, 3.05) is 0 Å². The number of aromatic nitrogens is 1. The van der Waals surface area contributed by atoms with Gasteiger partial charge in [0, 0.05) is 24.0 Å². The molecule has 0 fully saturated rings. The lowest BCUT2D eigenvalue weighted by Crippen LogP contribution is -2.08. The number of carbonyl (C=O) groups is 1. The van der Waals surface area contributed by atoms with Crippen LogP contribution in [0.1, 0.15) is 17.4 Å². The molecule has 1 aromatic carbocycles. The van der Waals surface area contributed by atoms with Crippen molar-refractivity contribution in [2.24, 2.45) is 0 Å². The topological polar surface area (TPSA) is 59.4 Å². The number of aliphatic hydroxyl groups excluding tert-OH is 1. The molecule has 0 aliphatic rings. The van der Waals surface area contributed by atoms with Crippen molar-refractivity contribution in [3.05, 3.63) is 72.1 Å².